The lowest BCUT2D eigenvalue weighted by atomic mass is 9.98. The van der Waals surface area contributed by atoms with Crippen LogP contribution in [-0.4, -0.2) is 103 Å². The molecule has 4 aliphatic rings. The zero-order valence-corrected chi connectivity index (χ0v) is 32.1. The Morgan fingerprint density at radius 2 is 1.65 bits per heavy atom. The molecule has 16 nitrogen and oxygen atoms in total. The topological polar surface area (TPSA) is 183 Å². The number of aryl methyl sites for hydroxylation is 3. The lowest BCUT2D eigenvalue weighted by Gasteiger charge is -2.43. The van der Waals surface area contributed by atoms with Crippen LogP contribution in [0.5, 0.6) is 0 Å². The summed E-state index contributed by atoms with van der Waals surface area (Å²) in [4.78, 5) is 71.6. The van der Waals surface area contributed by atoms with Gasteiger partial charge in [0.25, 0.3) is 11.8 Å². The summed E-state index contributed by atoms with van der Waals surface area (Å²) in [6, 6.07) is 14.7. The van der Waals surface area contributed by atoms with E-state index in [2.05, 4.69) is 62.0 Å². The lowest BCUT2D eigenvalue weighted by molar-refractivity contribution is -0.136. The van der Waals surface area contributed by atoms with Crippen molar-refractivity contribution in [2.45, 2.75) is 57.7 Å². The van der Waals surface area contributed by atoms with Crippen LogP contribution in [0.4, 0.5) is 28.8 Å². The van der Waals surface area contributed by atoms with Gasteiger partial charge in [0.2, 0.25) is 17.8 Å². The Hall–Kier alpha value is -6.26. The van der Waals surface area contributed by atoms with Gasteiger partial charge in [-0.25, -0.2) is 9.67 Å². The minimum Gasteiger partial charge on any atom is -0.371 e. The van der Waals surface area contributed by atoms with Gasteiger partial charge in [-0.05, 0) is 68.5 Å². The van der Waals surface area contributed by atoms with Crippen LogP contribution in [0.25, 0.3) is 11.0 Å². The van der Waals surface area contributed by atoms with Gasteiger partial charge in [0, 0.05) is 70.3 Å². The van der Waals surface area contributed by atoms with Crippen molar-refractivity contribution in [1.82, 2.24) is 45.2 Å². The minimum atomic E-state index is -0.994. The SMILES string of the molecule is Cc1cccc(C)c1Nc1nn(C)c2nc(Nc3cccnc3C3CN(C4CCN(c5cccc6c5C(=O)N(C5CCC(=O)NC5=O)C6=O)CC4)CCN3)ncc12. The second-order valence-electron chi connectivity index (χ2n) is 15.2. The Morgan fingerprint density at radius 3 is 2.44 bits per heavy atom. The number of piperazine rings is 1. The number of nitrogens with zero attached hydrogens (tertiary/aromatic N) is 8. The van der Waals surface area contributed by atoms with Gasteiger partial charge in [0.1, 0.15) is 6.04 Å². The third-order valence-electron chi connectivity index (χ3n) is 11.7. The predicted octanol–water partition coefficient (Wildman–Crippen LogP) is 3.88. The van der Waals surface area contributed by atoms with Gasteiger partial charge in [0.15, 0.2) is 11.5 Å². The van der Waals surface area contributed by atoms with Crippen LogP contribution in [0.2, 0.25) is 0 Å². The number of imide groups is 2. The molecule has 2 aromatic carbocycles. The first-order valence-corrected chi connectivity index (χ1v) is 19.5. The number of carbonyl (C=O) groups is 4. The molecule has 57 heavy (non-hydrogen) atoms. The van der Waals surface area contributed by atoms with Gasteiger partial charge in [-0.3, -0.25) is 39.3 Å². The summed E-state index contributed by atoms with van der Waals surface area (Å²) in [6.45, 7) is 8.02. The average molecular weight is 769 g/mol. The Morgan fingerprint density at radius 1 is 0.860 bits per heavy atom. The highest BCUT2D eigenvalue weighted by Crippen LogP contribution is 2.37. The van der Waals surface area contributed by atoms with Crippen molar-refractivity contribution in [3.05, 3.63) is 88.9 Å². The molecule has 7 heterocycles. The van der Waals surface area contributed by atoms with Crippen LogP contribution in [0.1, 0.15) is 69.3 Å². The first-order valence-electron chi connectivity index (χ1n) is 19.5. The molecule has 0 bridgehead atoms. The molecule has 9 rings (SSSR count). The van der Waals surface area contributed by atoms with Gasteiger partial charge in [0.05, 0.1) is 39.6 Å². The van der Waals surface area contributed by atoms with Crippen molar-refractivity contribution >= 4 is 63.5 Å². The number of hydrogen-bond donors (Lipinski definition) is 4. The summed E-state index contributed by atoms with van der Waals surface area (Å²) >= 11 is 0. The van der Waals surface area contributed by atoms with E-state index in [1.165, 1.54) is 0 Å². The Balaban J connectivity index is 0.869. The number of anilines is 5. The number of amides is 4. The highest BCUT2D eigenvalue weighted by Gasteiger charge is 2.46. The maximum atomic E-state index is 13.8. The van der Waals surface area contributed by atoms with Crippen molar-refractivity contribution in [3.63, 3.8) is 0 Å². The van der Waals surface area contributed by atoms with Gasteiger partial charge in [-0.1, -0.05) is 24.3 Å². The largest absolute Gasteiger partial charge is 0.371 e. The molecule has 3 saturated heterocycles. The molecule has 3 fully saturated rings. The van der Waals surface area contributed by atoms with Gasteiger partial charge < -0.3 is 20.9 Å². The van der Waals surface area contributed by atoms with E-state index in [0.717, 1.165) is 71.0 Å². The molecule has 16 heteroatoms. The normalized spacial score (nSPS) is 20.6. The van der Waals surface area contributed by atoms with Crippen molar-refractivity contribution in [2.24, 2.45) is 7.05 Å². The smallest absolute Gasteiger partial charge is 0.264 e. The highest BCUT2D eigenvalue weighted by atomic mass is 16.2. The number of fused-ring (bicyclic) bond motifs is 2. The quantitative estimate of drug-likeness (QED) is 0.167. The highest BCUT2D eigenvalue weighted by molar-refractivity contribution is 6.25. The van der Waals surface area contributed by atoms with Crippen LogP contribution in [0.15, 0.2) is 60.9 Å². The monoisotopic (exact) mass is 768 g/mol. The Labute approximate surface area is 329 Å². The molecule has 0 spiro atoms. The first-order chi connectivity index (χ1) is 27.6. The van der Waals surface area contributed by atoms with Crippen LogP contribution < -0.4 is 26.2 Å². The molecule has 5 aromatic rings. The molecule has 4 N–H and O–H groups in total. The second-order valence-corrected chi connectivity index (χ2v) is 15.2. The third-order valence-corrected chi connectivity index (χ3v) is 11.7. The molecule has 0 aliphatic carbocycles. The zero-order chi connectivity index (χ0) is 39.4. The van der Waals surface area contributed by atoms with Crippen molar-refractivity contribution in [2.75, 3.05) is 48.3 Å². The number of piperidine rings is 2. The van der Waals surface area contributed by atoms with Gasteiger partial charge in [-0.15, -0.1) is 0 Å². The number of nitrogens with one attached hydrogen (secondary N) is 4. The maximum Gasteiger partial charge on any atom is 0.264 e. The number of pyridine rings is 1. The zero-order valence-electron chi connectivity index (χ0n) is 32.1. The number of para-hydroxylation sites is 1. The second kappa shape index (κ2) is 14.7. The van der Waals surface area contributed by atoms with E-state index in [1.54, 1.807) is 23.0 Å². The summed E-state index contributed by atoms with van der Waals surface area (Å²) in [5, 5.41) is 18.4. The molecule has 0 radical (unpaired) electrons. The number of hydrogen-bond acceptors (Lipinski definition) is 13. The summed E-state index contributed by atoms with van der Waals surface area (Å²) in [7, 11) is 1.88. The minimum absolute atomic E-state index is 0.0339. The van der Waals surface area contributed by atoms with Crippen LogP contribution in [0.3, 0.4) is 0 Å². The molecule has 2 unspecified atom stereocenters. The fraction of sp³-hybridized carbons (Fsp3) is 0.366. The Bertz CT molecular complexity index is 2420. The molecule has 3 aromatic heterocycles. The standard InChI is InChI=1S/C41H44N12O4/c1-23-7-4-8-24(2)34(23)47-36-27-21-44-41(48-37(27)50(3)49-36)45-28-10-6-16-43-35(28)29-22-52(20-17-42-29)25-14-18-51(19-15-25)30-11-5-9-26-33(30)40(57)53(39(26)56)31-12-13-32(54)46-38(31)55/h4-11,16,21,25,29,31,42H,12-15,17-20,22H2,1-3H3,(H,47,49)(H,44,45,48)(H,46,54,55). The molecular weight excluding hydrogens is 725 g/mol. The van der Waals surface area contributed by atoms with E-state index in [9.17, 15) is 19.2 Å². The van der Waals surface area contributed by atoms with E-state index in [4.69, 9.17) is 15.1 Å². The van der Waals surface area contributed by atoms with Crippen molar-refractivity contribution < 1.29 is 19.2 Å². The van der Waals surface area contributed by atoms with Crippen molar-refractivity contribution in [1.29, 1.82) is 0 Å². The van der Waals surface area contributed by atoms with E-state index in [1.807, 2.05) is 37.5 Å². The summed E-state index contributed by atoms with van der Waals surface area (Å²) < 4.78 is 1.76. The first kappa shape index (κ1) is 36.4. The summed E-state index contributed by atoms with van der Waals surface area (Å²) in [6.07, 6.45) is 5.56. The number of benzene rings is 2. The van der Waals surface area contributed by atoms with Gasteiger partial charge in [-0.2, -0.15) is 10.1 Å². The fourth-order valence-electron chi connectivity index (χ4n) is 8.76. The van der Waals surface area contributed by atoms with E-state index in [-0.39, 0.29) is 18.9 Å². The molecule has 2 atom stereocenters. The van der Waals surface area contributed by atoms with Crippen LogP contribution in [-0.2, 0) is 16.6 Å². The summed E-state index contributed by atoms with van der Waals surface area (Å²) in [5.41, 5.74) is 7.03. The van der Waals surface area contributed by atoms with Crippen LogP contribution >= 0.6 is 0 Å². The molecule has 292 valence electrons. The number of carbonyl (C=O) groups excluding carboxylic acids is 4. The Kier molecular flexibility index (Phi) is 9.37. The molecule has 0 saturated carbocycles. The van der Waals surface area contributed by atoms with E-state index >= 15 is 0 Å². The molecule has 4 amide bonds. The predicted molar refractivity (Wildman–Crippen MR) is 214 cm³/mol. The van der Waals surface area contributed by atoms with Crippen LogP contribution in [0, 0.1) is 13.8 Å². The van der Waals surface area contributed by atoms with Gasteiger partial charge >= 0.3 is 0 Å². The fourth-order valence-corrected chi connectivity index (χ4v) is 8.76. The van der Waals surface area contributed by atoms with E-state index < -0.39 is 29.7 Å². The van der Waals surface area contributed by atoms with E-state index in [0.29, 0.717) is 53.4 Å². The van der Waals surface area contributed by atoms with Crippen molar-refractivity contribution in [3.8, 4) is 0 Å². The maximum absolute atomic E-state index is 13.8. The summed E-state index contributed by atoms with van der Waals surface area (Å²) in [5.74, 6) is -0.825. The molecule has 4 aliphatic heterocycles. The molecular formula is C41H44N12O4. The lowest BCUT2D eigenvalue weighted by Crippen LogP contribution is -2.54. The number of rotatable bonds is 8. The average Bonchev–Trinajstić information content (AvgIpc) is 3.67. The third kappa shape index (κ3) is 6.63. The number of aromatic nitrogens is 5.